The Morgan fingerprint density at radius 3 is 2.61 bits per heavy atom. The van der Waals surface area contributed by atoms with Gasteiger partial charge in [-0.2, -0.15) is 9.97 Å². The zero-order valence-electron chi connectivity index (χ0n) is 31.2. The van der Waals surface area contributed by atoms with Crippen LogP contribution in [0.25, 0.3) is 32.9 Å². The van der Waals surface area contributed by atoms with Crippen LogP contribution >= 0.6 is 0 Å². The number of phenols is 1. The van der Waals surface area contributed by atoms with E-state index in [0.29, 0.717) is 24.8 Å². The van der Waals surface area contributed by atoms with Crippen molar-refractivity contribution in [1.82, 2.24) is 19.9 Å². The van der Waals surface area contributed by atoms with Gasteiger partial charge in [0.2, 0.25) is 5.88 Å². The molecule has 4 aliphatic rings. The van der Waals surface area contributed by atoms with Crippen molar-refractivity contribution in [2.24, 2.45) is 5.41 Å². The summed E-state index contributed by atoms with van der Waals surface area (Å²) in [4.78, 5) is 18.1. The van der Waals surface area contributed by atoms with Gasteiger partial charge in [0.1, 0.15) is 45.8 Å². The molecule has 3 aliphatic heterocycles. The summed E-state index contributed by atoms with van der Waals surface area (Å²) in [6, 6.07) is 6.73. The Labute approximate surface area is 312 Å². The van der Waals surface area contributed by atoms with Crippen LogP contribution in [0.2, 0.25) is 0 Å². The molecular formula is C40H48F3N5O6. The third-order valence-electron chi connectivity index (χ3n) is 11.8. The van der Waals surface area contributed by atoms with Gasteiger partial charge in [0.05, 0.1) is 51.7 Å². The van der Waals surface area contributed by atoms with Crippen LogP contribution in [0.4, 0.5) is 19.0 Å². The van der Waals surface area contributed by atoms with Crippen molar-refractivity contribution in [2.75, 3.05) is 51.5 Å². The van der Waals surface area contributed by atoms with Gasteiger partial charge in [-0.3, -0.25) is 4.90 Å². The van der Waals surface area contributed by atoms with Crippen LogP contribution in [-0.4, -0.2) is 113 Å². The Morgan fingerprint density at radius 1 is 1.04 bits per heavy atom. The van der Waals surface area contributed by atoms with E-state index in [9.17, 15) is 10.2 Å². The highest BCUT2D eigenvalue weighted by Gasteiger charge is 2.55. The van der Waals surface area contributed by atoms with Gasteiger partial charge < -0.3 is 34.1 Å². The molecule has 11 nitrogen and oxygen atoms in total. The van der Waals surface area contributed by atoms with Crippen molar-refractivity contribution in [2.45, 2.75) is 95.4 Å². The van der Waals surface area contributed by atoms with Gasteiger partial charge in [-0.05, 0) is 89.4 Å². The second-order valence-corrected chi connectivity index (χ2v) is 16.0. The van der Waals surface area contributed by atoms with E-state index in [1.807, 2.05) is 0 Å². The average molecular weight is 752 g/mol. The predicted octanol–water partition coefficient (Wildman–Crippen LogP) is 6.34. The minimum Gasteiger partial charge on any atom is -0.508 e. The largest absolute Gasteiger partial charge is 0.508 e. The first kappa shape index (κ1) is 37.0. The fourth-order valence-corrected chi connectivity index (χ4v) is 9.65. The number of β-amino-alcohol motifs (C(OH)–C–C–N with tert-alkyl or cyclic N) is 1. The predicted molar refractivity (Wildman–Crippen MR) is 197 cm³/mol. The van der Waals surface area contributed by atoms with Crippen LogP contribution in [0.5, 0.6) is 17.6 Å². The highest BCUT2D eigenvalue weighted by molar-refractivity contribution is 6.02. The molecule has 3 saturated heterocycles. The van der Waals surface area contributed by atoms with E-state index in [2.05, 4.69) is 28.7 Å². The topological polar surface area (TPSA) is 123 Å². The third kappa shape index (κ3) is 6.69. The number of aliphatic hydroxyl groups is 1. The Kier molecular flexibility index (Phi) is 9.77. The monoisotopic (exact) mass is 751 g/mol. The van der Waals surface area contributed by atoms with Crippen LogP contribution in [0.3, 0.4) is 0 Å². The Hall–Kier alpha value is -3.98. The summed E-state index contributed by atoms with van der Waals surface area (Å²) in [5.41, 5.74) is -2.27. The maximum Gasteiger partial charge on any atom is 0.319 e. The minimum atomic E-state index is -1.27. The van der Waals surface area contributed by atoms with E-state index >= 15 is 13.2 Å². The van der Waals surface area contributed by atoms with Crippen LogP contribution in [0, 0.1) is 17.0 Å². The molecule has 2 aromatic heterocycles. The molecule has 14 heteroatoms. The zero-order valence-corrected chi connectivity index (χ0v) is 31.2. The second kappa shape index (κ2) is 14.3. The molecule has 1 saturated carbocycles. The van der Waals surface area contributed by atoms with Gasteiger partial charge in [0.25, 0.3) is 0 Å². The highest BCUT2D eigenvalue weighted by Crippen LogP contribution is 2.51. The summed E-state index contributed by atoms with van der Waals surface area (Å²) in [5.74, 6) is -1.56. The second-order valence-electron chi connectivity index (χ2n) is 16.0. The maximum atomic E-state index is 17.2. The molecular weight excluding hydrogens is 703 g/mol. The number of halogens is 3. The minimum absolute atomic E-state index is 0.00950. The molecule has 1 aliphatic carbocycles. The number of aromatic hydroxyl groups is 1. The van der Waals surface area contributed by atoms with Gasteiger partial charge >= 0.3 is 6.01 Å². The molecule has 5 heterocycles. The van der Waals surface area contributed by atoms with Crippen molar-refractivity contribution < 1.29 is 42.3 Å². The number of pyridine rings is 1. The molecule has 4 aromatic rings. The highest BCUT2D eigenvalue weighted by atomic mass is 19.1. The quantitative estimate of drug-likeness (QED) is 0.220. The van der Waals surface area contributed by atoms with Crippen LogP contribution in [-0.2, 0) is 9.47 Å². The van der Waals surface area contributed by atoms with Crippen molar-refractivity contribution in [3.63, 3.8) is 0 Å². The molecule has 6 atom stereocenters. The van der Waals surface area contributed by atoms with Gasteiger partial charge in [0.15, 0.2) is 5.82 Å². The van der Waals surface area contributed by atoms with E-state index < -0.39 is 28.8 Å². The smallest absolute Gasteiger partial charge is 0.319 e. The number of benzene rings is 2. The lowest BCUT2D eigenvalue weighted by Gasteiger charge is -2.51. The Bertz CT molecular complexity index is 2040. The zero-order chi connectivity index (χ0) is 37.9. The number of fused-ring (bicyclic) bond motifs is 3. The number of phenolic OH excluding ortho intramolecular Hbond substituents is 1. The van der Waals surface area contributed by atoms with Gasteiger partial charge in [-0.1, -0.05) is 12.1 Å². The molecule has 0 radical (unpaired) electrons. The number of methoxy groups -OCH3 is 1. The normalized spacial score (nSPS) is 30.7. The lowest BCUT2D eigenvalue weighted by atomic mass is 9.74. The average Bonchev–Trinajstić information content (AvgIpc) is 3.36. The first-order valence-electron chi connectivity index (χ1n) is 19.0. The lowest BCUT2D eigenvalue weighted by Crippen LogP contribution is -2.60. The van der Waals surface area contributed by atoms with Crippen molar-refractivity contribution >= 4 is 27.5 Å². The molecule has 8 rings (SSSR count). The summed E-state index contributed by atoms with van der Waals surface area (Å²) in [7, 11) is 1.38. The number of nitrogens with zero attached hydrogens (tertiary/aromatic N) is 5. The van der Waals surface area contributed by atoms with Crippen molar-refractivity contribution in [3.8, 4) is 28.9 Å². The molecule has 4 fully saturated rings. The number of alkyl halides is 1. The van der Waals surface area contributed by atoms with Crippen LogP contribution in [0.1, 0.15) is 59.3 Å². The number of anilines is 1. The van der Waals surface area contributed by atoms with E-state index in [1.54, 1.807) is 17.9 Å². The number of likely N-dealkylation sites (tertiary alicyclic amines) is 1. The Balaban J connectivity index is 1.24. The number of hydrogen-bond acceptors (Lipinski definition) is 11. The number of aromatic nitrogens is 3. The molecule has 2 N–H and O–H groups in total. The number of ether oxygens (including phenoxy) is 4. The van der Waals surface area contributed by atoms with Gasteiger partial charge in [0, 0.05) is 29.0 Å². The van der Waals surface area contributed by atoms with Crippen LogP contribution in [0.15, 0.2) is 30.3 Å². The fourth-order valence-electron chi connectivity index (χ4n) is 9.65. The maximum absolute atomic E-state index is 17.2. The standard InChI is InChI=1S/C40H48F3N5O6/c1-22-15-25(16-23(2)54-22)48-12-6-10-40(11-9-29(42)35(40)48)21-53-38-45-34-31(36(46-38)47-13-14-52-20-39(3,50)19-47)37(51-4)44-33(32(34)43)27-18-26(49)17-24-7-5-8-28(41)30(24)27/h5,7-8,17-18,22-23,25,29,35,49-50H,6,9-16,19-21H2,1-4H3. The molecule has 6 unspecified atom stereocenters. The summed E-state index contributed by atoms with van der Waals surface area (Å²) < 4.78 is 72.6. The summed E-state index contributed by atoms with van der Waals surface area (Å²) in [6.07, 6.45) is 3.51. The first-order chi connectivity index (χ1) is 25.9. The summed E-state index contributed by atoms with van der Waals surface area (Å²) in [5, 5.41) is 22.3. The van der Waals surface area contributed by atoms with Crippen LogP contribution < -0.4 is 14.4 Å². The van der Waals surface area contributed by atoms with E-state index in [-0.39, 0.29) is 102 Å². The number of piperidine rings is 1. The van der Waals surface area contributed by atoms with Gasteiger partial charge in [-0.25, -0.2) is 18.2 Å². The molecule has 54 heavy (non-hydrogen) atoms. The third-order valence-corrected chi connectivity index (χ3v) is 11.8. The lowest BCUT2D eigenvalue weighted by molar-refractivity contribution is -0.105. The number of hydrogen-bond donors (Lipinski definition) is 2. The van der Waals surface area contributed by atoms with E-state index in [4.69, 9.17) is 23.9 Å². The first-order valence-corrected chi connectivity index (χ1v) is 19.0. The molecule has 0 spiro atoms. The van der Waals surface area contributed by atoms with E-state index in [0.717, 1.165) is 32.2 Å². The number of rotatable bonds is 7. The molecule has 2 aromatic carbocycles. The SMILES string of the molecule is COc1nc(-c2cc(O)cc3cccc(F)c23)c(F)c2nc(OCC34CCCN(C5CC(C)OC(C)C5)C3C(F)CC4)nc(N3CCOCC(C)(O)C3)c12. The van der Waals surface area contributed by atoms with Crippen molar-refractivity contribution in [3.05, 3.63) is 42.0 Å². The summed E-state index contributed by atoms with van der Waals surface area (Å²) >= 11 is 0. The van der Waals surface area contributed by atoms with Crippen molar-refractivity contribution in [1.29, 1.82) is 0 Å². The van der Waals surface area contributed by atoms with E-state index in [1.165, 1.54) is 31.4 Å². The van der Waals surface area contributed by atoms with Gasteiger partial charge in [-0.15, -0.1) is 0 Å². The summed E-state index contributed by atoms with van der Waals surface area (Å²) in [6.45, 7) is 7.42. The Morgan fingerprint density at radius 2 is 1.83 bits per heavy atom. The molecule has 0 amide bonds. The molecule has 0 bridgehead atoms. The molecule has 290 valence electrons. The fraction of sp³-hybridized carbons (Fsp3) is 0.575.